The van der Waals surface area contributed by atoms with E-state index >= 15 is 0 Å². The number of benzene rings is 3. The average Bonchev–Trinajstić information content (AvgIpc) is 2.91. The van der Waals surface area contributed by atoms with Crippen molar-refractivity contribution in [2.45, 2.75) is 65.5 Å². The fourth-order valence-corrected chi connectivity index (χ4v) is 4.84. The van der Waals surface area contributed by atoms with Crippen LogP contribution in [0.2, 0.25) is 0 Å². The highest BCUT2D eigenvalue weighted by molar-refractivity contribution is 5.90. The predicted molar refractivity (Wildman–Crippen MR) is 155 cm³/mol. The van der Waals surface area contributed by atoms with Gasteiger partial charge < -0.3 is 15.7 Å². The van der Waals surface area contributed by atoms with Gasteiger partial charge in [0.25, 0.3) is 0 Å². The number of nitrogens with one attached hydrogen (secondary N) is 2. The summed E-state index contributed by atoms with van der Waals surface area (Å²) in [5.74, 6) is -3.07. The molecule has 3 aromatic rings. The lowest BCUT2D eigenvalue weighted by atomic mass is 9.85. The first-order valence-corrected chi connectivity index (χ1v) is 13.7. The van der Waals surface area contributed by atoms with Crippen LogP contribution in [0.3, 0.4) is 0 Å². The highest BCUT2D eigenvalue weighted by Crippen LogP contribution is 2.29. The standard InChI is InChI=1S/C33H39FN2O4/c1-22(23-13-7-5-8-14-23)35-32(40)30(33(2,3)4)36-31(39)26(21-28(37)38)19-11-17-25-18-12-20-27(34)29(25)24-15-9-6-10-16-24/h5-10,12-16,18,20,22,26,30H,11,17,19,21H2,1-4H3,(H,35,40)(H,36,39)(H,37,38)/t22-,26-,30-/m1/s1. The smallest absolute Gasteiger partial charge is 0.304 e. The van der Waals surface area contributed by atoms with Crippen LogP contribution in [0.5, 0.6) is 0 Å². The monoisotopic (exact) mass is 546 g/mol. The van der Waals surface area contributed by atoms with E-state index in [1.807, 2.05) is 94.4 Å². The second kappa shape index (κ2) is 13.9. The van der Waals surface area contributed by atoms with E-state index in [1.165, 1.54) is 6.07 Å². The van der Waals surface area contributed by atoms with Gasteiger partial charge in [0, 0.05) is 11.5 Å². The fraction of sp³-hybridized carbons (Fsp3) is 0.364. The number of aryl methyl sites for hydroxylation is 1. The van der Waals surface area contributed by atoms with Crippen LogP contribution in [0, 0.1) is 17.2 Å². The summed E-state index contributed by atoms with van der Waals surface area (Å²) < 4.78 is 14.8. The summed E-state index contributed by atoms with van der Waals surface area (Å²) in [4.78, 5) is 38.3. The maximum Gasteiger partial charge on any atom is 0.304 e. The number of hydrogen-bond donors (Lipinski definition) is 3. The second-order valence-electron chi connectivity index (χ2n) is 11.3. The molecular weight excluding hydrogens is 507 g/mol. The molecule has 6 nitrogen and oxygen atoms in total. The Morgan fingerprint density at radius 3 is 2.08 bits per heavy atom. The molecule has 3 atom stereocenters. The van der Waals surface area contributed by atoms with Crippen LogP contribution in [-0.4, -0.2) is 28.9 Å². The molecule has 0 heterocycles. The van der Waals surface area contributed by atoms with Crippen LogP contribution in [0.4, 0.5) is 4.39 Å². The van der Waals surface area contributed by atoms with Crippen molar-refractivity contribution < 1.29 is 23.9 Å². The first-order chi connectivity index (χ1) is 19.0. The molecule has 0 spiro atoms. The van der Waals surface area contributed by atoms with Crippen molar-refractivity contribution >= 4 is 17.8 Å². The maximum atomic E-state index is 14.8. The fourth-order valence-electron chi connectivity index (χ4n) is 4.84. The third kappa shape index (κ3) is 8.50. The summed E-state index contributed by atoms with van der Waals surface area (Å²) >= 11 is 0. The normalized spacial score (nSPS) is 13.6. The summed E-state index contributed by atoms with van der Waals surface area (Å²) in [6.07, 6.45) is 0.871. The molecule has 0 saturated carbocycles. The van der Waals surface area contributed by atoms with E-state index in [4.69, 9.17) is 0 Å². The van der Waals surface area contributed by atoms with E-state index < -0.39 is 29.3 Å². The molecule has 212 valence electrons. The summed E-state index contributed by atoms with van der Waals surface area (Å²) in [7, 11) is 0. The molecular formula is C33H39FN2O4. The lowest BCUT2D eigenvalue weighted by Crippen LogP contribution is -2.55. The molecule has 0 bridgehead atoms. The highest BCUT2D eigenvalue weighted by atomic mass is 19.1. The molecule has 0 saturated heterocycles. The van der Waals surface area contributed by atoms with E-state index in [-0.39, 0.29) is 30.6 Å². The van der Waals surface area contributed by atoms with E-state index in [2.05, 4.69) is 10.6 Å². The average molecular weight is 547 g/mol. The van der Waals surface area contributed by atoms with E-state index in [0.717, 1.165) is 16.7 Å². The largest absolute Gasteiger partial charge is 0.481 e. The lowest BCUT2D eigenvalue weighted by Gasteiger charge is -2.32. The molecule has 40 heavy (non-hydrogen) atoms. The van der Waals surface area contributed by atoms with E-state index in [1.54, 1.807) is 6.07 Å². The lowest BCUT2D eigenvalue weighted by molar-refractivity contribution is -0.142. The Kier molecular flexibility index (Phi) is 10.6. The van der Waals surface area contributed by atoms with Gasteiger partial charge in [-0.1, -0.05) is 93.6 Å². The SMILES string of the molecule is C[C@@H](NC(=O)[C@@H](NC(=O)[C@H](CCCc1cccc(F)c1-c1ccccc1)CC(=O)O)C(C)(C)C)c1ccccc1. The van der Waals surface area contributed by atoms with Gasteiger partial charge in [0.2, 0.25) is 11.8 Å². The third-order valence-electron chi connectivity index (χ3n) is 7.03. The van der Waals surface area contributed by atoms with Crippen LogP contribution < -0.4 is 10.6 Å². The Hall–Kier alpha value is -4.00. The third-order valence-corrected chi connectivity index (χ3v) is 7.03. The van der Waals surface area contributed by atoms with Crippen molar-refractivity contribution in [3.63, 3.8) is 0 Å². The molecule has 3 rings (SSSR count). The van der Waals surface area contributed by atoms with Gasteiger partial charge >= 0.3 is 5.97 Å². The van der Waals surface area contributed by atoms with E-state index in [9.17, 15) is 23.9 Å². The van der Waals surface area contributed by atoms with Crippen molar-refractivity contribution in [1.29, 1.82) is 0 Å². The zero-order valence-electron chi connectivity index (χ0n) is 23.6. The number of carbonyl (C=O) groups excluding carboxylic acids is 2. The molecule has 2 amide bonds. The number of aliphatic carboxylic acids is 1. The molecule has 0 radical (unpaired) electrons. The van der Waals surface area contributed by atoms with Gasteiger partial charge in [0.1, 0.15) is 11.9 Å². The number of carboxylic acid groups (broad SMARTS) is 1. The van der Waals surface area contributed by atoms with Crippen LogP contribution in [0.25, 0.3) is 11.1 Å². The number of rotatable bonds is 12. The first kappa shape index (κ1) is 30.5. The van der Waals surface area contributed by atoms with Gasteiger partial charge in [-0.2, -0.15) is 0 Å². The van der Waals surface area contributed by atoms with Crippen LogP contribution in [-0.2, 0) is 20.8 Å². The highest BCUT2D eigenvalue weighted by Gasteiger charge is 2.35. The van der Waals surface area contributed by atoms with Gasteiger partial charge in [0.05, 0.1) is 12.5 Å². The molecule has 0 fully saturated rings. The molecule has 7 heteroatoms. The Morgan fingerprint density at radius 2 is 1.48 bits per heavy atom. The zero-order chi connectivity index (χ0) is 29.3. The zero-order valence-corrected chi connectivity index (χ0v) is 23.6. The van der Waals surface area contributed by atoms with Crippen molar-refractivity contribution in [3.05, 3.63) is 95.8 Å². The van der Waals surface area contributed by atoms with Crippen molar-refractivity contribution in [2.24, 2.45) is 11.3 Å². The number of hydrogen-bond acceptors (Lipinski definition) is 3. The minimum Gasteiger partial charge on any atom is -0.481 e. The van der Waals surface area contributed by atoms with Gasteiger partial charge in [-0.25, -0.2) is 4.39 Å². The van der Waals surface area contributed by atoms with Crippen LogP contribution >= 0.6 is 0 Å². The number of amides is 2. The number of halogens is 1. The summed E-state index contributed by atoms with van der Waals surface area (Å²) in [6.45, 7) is 7.43. The Labute approximate surface area is 236 Å². The molecule has 0 aromatic heterocycles. The molecule has 0 aliphatic heterocycles. The predicted octanol–water partition coefficient (Wildman–Crippen LogP) is 6.31. The Balaban J connectivity index is 1.71. The number of carbonyl (C=O) groups is 3. The maximum absolute atomic E-state index is 14.8. The summed E-state index contributed by atoms with van der Waals surface area (Å²) in [6, 6.07) is 22.6. The van der Waals surface area contributed by atoms with Gasteiger partial charge in [0.15, 0.2) is 0 Å². The molecule has 0 aliphatic rings. The topological polar surface area (TPSA) is 95.5 Å². The van der Waals surface area contributed by atoms with Crippen molar-refractivity contribution in [1.82, 2.24) is 10.6 Å². The molecule has 3 aromatic carbocycles. The number of carboxylic acids is 1. The van der Waals surface area contributed by atoms with Gasteiger partial charge in [-0.3, -0.25) is 14.4 Å². The summed E-state index contributed by atoms with van der Waals surface area (Å²) in [5, 5.41) is 15.3. The molecule has 0 unspecified atom stereocenters. The van der Waals surface area contributed by atoms with Crippen LogP contribution in [0.1, 0.15) is 64.1 Å². The van der Waals surface area contributed by atoms with E-state index in [0.29, 0.717) is 18.4 Å². The molecule has 3 N–H and O–H groups in total. The minimum absolute atomic E-state index is 0.268. The molecule has 0 aliphatic carbocycles. The first-order valence-electron chi connectivity index (χ1n) is 13.7. The summed E-state index contributed by atoms with van der Waals surface area (Å²) in [5.41, 5.74) is 2.39. The minimum atomic E-state index is -1.09. The quantitative estimate of drug-likeness (QED) is 0.248. The second-order valence-corrected chi connectivity index (χ2v) is 11.3. The van der Waals surface area contributed by atoms with Crippen molar-refractivity contribution in [2.75, 3.05) is 0 Å². The Morgan fingerprint density at radius 1 is 0.850 bits per heavy atom. The Bertz CT molecular complexity index is 1290. The van der Waals surface area contributed by atoms with Crippen molar-refractivity contribution in [3.8, 4) is 11.1 Å². The van der Waals surface area contributed by atoms with Gasteiger partial charge in [-0.05, 0) is 54.4 Å². The van der Waals surface area contributed by atoms with Gasteiger partial charge in [-0.15, -0.1) is 0 Å². The van der Waals surface area contributed by atoms with Crippen LogP contribution in [0.15, 0.2) is 78.9 Å².